The average Bonchev–Trinajstić information content (AvgIpc) is 2.37. The molecular weight excluding hydrogens is 244 g/mol. The molecular formula is C14H30N2O3. The van der Waals surface area contributed by atoms with E-state index in [9.17, 15) is 4.79 Å². The van der Waals surface area contributed by atoms with Crippen molar-refractivity contribution in [2.75, 3.05) is 33.9 Å². The number of methoxy groups -OCH3 is 2. The monoisotopic (exact) mass is 274 g/mol. The summed E-state index contributed by atoms with van der Waals surface area (Å²) in [4.78, 5) is 14.0. The number of hydrogen-bond donors (Lipinski definition) is 1. The van der Waals surface area contributed by atoms with Gasteiger partial charge in [0.2, 0.25) is 0 Å². The van der Waals surface area contributed by atoms with Gasteiger partial charge in [0.15, 0.2) is 0 Å². The molecule has 2 atom stereocenters. The molecule has 0 bridgehead atoms. The number of nitrogens with one attached hydrogen (secondary N) is 1. The Morgan fingerprint density at radius 1 is 1.26 bits per heavy atom. The van der Waals surface area contributed by atoms with Crippen molar-refractivity contribution < 1.29 is 14.3 Å². The van der Waals surface area contributed by atoms with Crippen LogP contribution in [0.5, 0.6) is 0 Å². The molecule has 0 aliphatic carbocycles. The molecule has 19 heavy (non-hydrogen) atoms. The quantitative estimate of drug-likeness (QED) is 0.608. The van der Waals surface area contributed by atoms with E-state index in [1.165, 1.54) is 7.11 Å². The molecule has 0 rings (SSSR count). The van der Waals surface area contributed by atoms with Gasteiger partial charge in [-0.25, -0.2) is 0 Å². The SMILES string of the molecule is CCN(CCC(NC(C)C)C(=O)OC)C(C)COC. The van der Waals surface area contributed by atoms with Crippen LogP contribution in [0.2, 0.25) is 0 Å². The van der Waals surface area contributed by atoms with Crippen LogP contribution < -0.4 is 5.32 Å². The zero-order chi connectivity index (χ0) is 14.8. The summed E-state index contributed by atoms with van der Waals surface area (Å²) >= 11 is 0. The minimum atomic E-state index is -0.242. The first-order chi connectivity index (χ1) is 8.96. The first kappa shape index (κ1) is 18.4. The highest BCUT2D eigenvalue weighted by atomic mass is 16.5. The second-order valence-corrected chi connectivity index (χ2v) is 5.12. The van der Waals surface area contributed by atoms with Crippen LogP contribution in [0.25, 0.3) is 0 Å². The van der Waals surface area contributed by atoms with Crippen LogP contribution >= 0.6 is 0 Å². The zero-order valence-electron chi connectivity index (χ0n) is 13.2. The number of carbonyl (C=O) groups is 1. The van der Waals surface area contributed by atoms with E-state index < -0.39 is 0 Å². The Labute approximate surface area is 117 Å². The largest absolute Gasteiger partial charge is 0.468 e. The molecule has 0 saturated heterocycles. The van der Waals surface area contributed by atoms with Gasteiger partial charge in [0.1, 0.15) is 6.04 Å². The molecule has 0 aromatic carbocycles. The van der Waals surface area contributed by atoms with Crippen LogP contribution in [0, 0.1) is 0 Å². The first-order valence-electron chi connectivity index (χ1n) is 7.03. The minimum absolute atomic E-state index is 0.191. The standard InChI is InChI=1S/C14H30N2O3/c1-7-16(12(4)10-18-5)9-8-13(14(17)19-6)15-11(2)3/h11-13,15H,7-10H2,1-6H3. The molecule has 0 amide bonds. The first-order valence-corrected chi connectivity index (χ1v) is 7.03. The molecule has 1 N–H and O–H groups in total. The van der Waals surface area contributed by atoms with Crippen molar-refractivity contribution in [1.82, 2.24) is 10.2 Å². The minimum Gasteiger partial charge on any atom is -0.468 e. The summed E-state index contributed by atoms with van der Waals surface area (Å²) < 4.78 is 10.0. The summed E-state index contributed by atoms with van der Waals surface area (Å²) in [5.41, 5.74) is 0. The van der Waals surface area contributed by atoms with Gasteiger partial charge in [-0.05, 0) is 19.9 Å². The molecule has 0 spiro atoms. The molecule has 5 nitrogen and oxygen atoms in total. The molecule has 0 aliphatic rings. The lowest BCUT2D eigenvalue weighted by Crippen LogP contribution is -2.45. The number of esters is 1. The predicted octanol–water partition coefficient (Wildman–Crippen LogP) is 1.27. The number of rotatable bonds is 10. The highest BCUT2D eigenvalue weighted by Crippen LogP contribution is 2.05. The van der Waals surface area contributed by atoms with Crippen molar-refractivity contribution in [1.29, 1.82) is 0 Å². The number of ether oxygens (including phenoxy) is 2. The molecule has 0 saturated carbocycles. The van der Waals surface area contributed by atoms with E-state index in [0.29, 0.717) is 12.6 Å². The van der Waals surface area contributed by atoms with Gasteiger partial charge in [-0.3, -0.25) is 9.69 Å². The third-order valence-electron chi connectivity index (χ3n) is 3.16. The van der Waals surface area contributed by atoms with E-state index in [4.69, 9.17) is 9.47 Å². The van der Waals surface area contributed by atoms with Gasteiger partial charge in [0.25, 0.3) is 0 Å². The third-order valence-corrected chi connectivity index (χ3v) is 3.16. The molecule has 114 valence electrons. The Morgan fingerprint density at radius 2 is 1.89 bits per heavy atom. The van der Waals surface area contributed by atoms with Crippen molar-refractivity contribution >= 4 is 5.97 Å². The van der Waals surface area contributed by atoms with Crippen molar-refractivity contribution in [2.24, 2.45) is 0 Å². The van der Waals surface area contributed by atoms with Crippen LogP contribution in [-0.2, 0) is 14.3 Å². The maximum absolute atomic E-state index is 11.7. The van der Waals surface area contributed by atoms with Crippen molar-refractivity contribution in [3.05, 3.63) is 0 Å². The Hall–Kier alpha value is -0.650. The Kier molecular flexibility index (Phi) is 9.83. The number of carbonyl (C=O) groups excluding carboxylic acids is 1. The van der Waals surface area contributed by atoms with Gasteiger partial charge >= 0.3 is 5.97 Å². The van der Waals surface area contributed by atoms with E-state index in [2.05, 4.69) is 24.1 Å². The summed E-state index contributed by atoms with van der Waals surface area (Å²) in [6.07, 6.45) is 0.743. The average molecular weight is 274 g/mol. The number of nitrogens with zero attached hydrogens (tertiary/aromatic N) is 1. The van der Waals surface area contributed by atoms with Gasteiger partial charge in [-0.1, -0.05) is 20.8 Å². The van der Waals surface area contributed by atoms with E-state index in [-0.39, 0.29) is 18.1 Å². The molecule has 2 unspecified atom stereocenters. The Morgan fingerprint density at radius 3 is 2.32 bits per heavy atom. The van der Waals surface area contributed by atoms with E-state index in [0.717, 1.165) is 19.5 Å². The summed E-state index contributed by atoms with van der Waals surface area (Å²) in [5, 5.41) is 3.25. The maximum atomic E-state index is 11.7. The van der Waals surface area contributed by atoms with Crippen LogP contribution in [0.4, 0.5) is 0 Å². The van der Waals surface area contributed by atoms with Gasteiger partial charge in [-0.15, -0.1) is 0 Å². The van der Waals surface area contributed by atoms with Gasteiger partial charge in [0.05, 0.1) is 13.7 Å². The fourth-order valence-electron chi connectivity index (χ4n) is 2.15. The van der Waals surface area contributed by atoms with Gasteiger partial charge in [-0.2, -0.15) is 0 Å². The highest BCUT2D eigenvalue weighted by Gasteiger charge is 2.21. The van der Waals surface area contributed by atoms with Crippen LogP contribution in [0.3, 0.4) is 0 Å². The second kappa shape index (κ2) is 10.2. The fourth-order valence-corrected chi connectivity index (χ4v) is 2.15. The predicted molar refractivity (Wildman–Crippen MR) is 77.3 cm³/mol. The fraction of sp³-hybridized carbons (Fsp3) is 0.929. The molecule has 0 radical (unpaired) electrons. The lowest BCUT2D eigenvalue weighted by molar-refractivity contribution is -0.143. The van der Waals surface area contributed by atoms with Crippen LogP contribution in [0.1, 0.15) is 34.1 Å². The molecule has 5 heteroatoms. The van der Waals surface area contributed by atoms with Gasteiger partial charge < -0.3 is 14.8 Å². The van der Waals surface area contributed by atoms with E-state index >= 15 is 0 Å². The molecule has 0 aliphatic heterocycles. The van der Waals surface area contributed by atoms with Gasteiger partial charge in [0, 0.05) is 25.7 Å². The van der Waals surface area contributed by atoms with E-state index in [1.807, 2.05) is 13.8 Å². The number of hydrogen-bond acceptors (Lipinski definition) is 5. The molecule has 0 fully saturated rings. The van der Waals surface area contributed by atoms with Crippen LogP contribution in [-0.4, -0.2) is 62.9 Å². The van der Waals surface area contributed by atoms with E-state index in [1.54, 1.807) is 7.11 Å². The summed E-state index contributed by atoms with van der Waals surface area (Å²) in [6, 6.07) is 0.372. The summed E-state index contributed by atoms with van der Waals surface area (Å²) in [5.74, 6) is -0.191. The summed E-state index contributed by atoms with van der Waals surface area (Å²) in [7, 11) is 3.14. The molecule has 0 aromatic heterocycles. The topological polar surface area (TPSA) is 50.8 Å². The number of likely N-dealkylation sites (N-methyl/N-ethyl adjacent to an activating group) is 1. The normalized spacial score (nSPS) is 14.7. The third kappa shape index (κ3) is 7.50. The van der Waals surface area contributed by atoms with Crippen molar-refractivity contribution in [3.8, 4) is 0 Å². The van der Waals surface area contributed by atoms with Crippen molar-refractivity contribution in [3.63, 3.8) is 0 Å². The lowest BCUT2D eigenvalue weighted by atomic mass is 10.1. The lowest BCUT2D eigenvalue weighted by Gasteiger charge is -2.29. The maximum Gasteiger partial charge on any atom is 0.322 e. The summed E-state index contributed by atoms with van der Waals surface area (Å²) in [6.45, 7) is 10.8. The zero-order valence-corrected chi connectivity index (χ0v) is 13.2. The van der Waals surface area contributed by atoms with Crippen molar-refractivity contribution in [2.45, 2.75) is 52.2 Å². The second-order valence-electron chi connectivity index (χ2n) is 5.12. The molecule has 0 aromatic rings. The molecule has 0 heterocycles. The Balaban J connectivity index is 4.37. The van der Waals surface area contributed by atoms with Crippen LogP contribution in [0.15, 0.2) is 0 Å². The smallest absolute Gasteiger partial charge is 0.322 e. The Bertz CT molecular complexity index is 247. The highest BCUT2D eigenvalue weighted by molar-refractivity contribution is 5.75.